The maximum Gasteiger partial charge on any atom is 0.0181 e. The van der Waals surface area contributed by atoms with E-state index in [0.717, 1.165) is 23.7 Å². The van der Waals surface area contributed by atoms with Gasteiger partial charge in [0.2, 0.25) is 0 Å². The van der Waals surface area contributed by atoms with Crippen LogP contribution >= 0.6 is 15.9 Å². The van der Waals surface area contributed by atoms with Crippen LogP contribution in [0.15, 0.2) is 120 Å². The van der Waals surface area contributed by atoms with Crippen LogP contribution in [0.3, 0.4) is 0 Å². The Bertz CT molecular complexity index is 1690. The van der Waals surface area contributed by atoms with Gasteiger partial charge in [0.25, 0.3) is 0 Å². The maximum atomic E-state index is 3.62. The molecule has 0 aromatic heterocycles. The second-order valence-corrected chi connectivity index (χ2v) is 11.5. The number of fused-ring (bicyclic) bond motifs is 4. The van der Waals surface area contributed by atoms with Gasteiger partial charge >= 0.3 is 0 Å². The molecular formula is C37H29Br. The van der Waals surface area contributed by atoms with Gasteiger partial charge in [0.15, 0.2) is 0 Å². The van der Waals surface area contributed by atoms with E-state index in [0.29, 0.717) is 5.92 Å². The SMILES string of the molecule is Brc1cccc(-c2cccc(-c3ccc4c(c3)-c3ccccc3C4CCc3ccc4c(c3)C=CCC4)c2)c1. The molecule has 0 N–H and O–H groups in total. The normalized spacial score (nSPS) is 15.1. The third-order valence-corrected chi connectivity index (χ3v) is 8.71. The predicted octanol–water partition coefficient (Wildman–Crippen LogP) is 10.5. The highest BCUT2D eigenvalue weighted by atomic mass is 79.9. The van der Waals surface area contributed by atoms with Crippen LogP contribution < -0.4 is 0 Å². The summed E-state index contributed by atoms with van der Waals surface area (Å²) in [7, 11) is 0. The van der Waals surface area contributed by atoms with E-state index >= 15 is 0 Å². The molecular weight excluding hydrogens is 524 g/mol. The molecule has 7 rings (SSSR count). The number of halogens is 1. The third-order valence-electron chi connectivity index (χ3n) is 8.22. The van der Waals surface area contributed by atoms with Crippen molar-refractivity contribution in [3.8, 4) is 33.4 Å². The molecule has 184 valence electrons. The molecule has 1 unspecified atom stereocenters. The minimum absolute atomic E-state index is 0.440. The van der Waals surface area contributed by atoms with Gasteiger partial charge in [-0.25, -0.2) is 0 Å². The number of hydrogen-bond donors (Lipinski definition) is 0. The first-order valence-electron chi connectivity index (χ1n) is 13.6. The second-order valence-electron chi connectivity index (χ2n) is 10.5. The van der Waals surface area contributed by atoms with Crippen molar-refractivity contribution in [2.45, 2.75) is 31.6 Å². The van der Waals surface area contributed by atoms with Gasteiger partial charge < -0.3 is 0 Å². The standard InChI is InChI=1S/C37H29Br/c38-32-12-6-11-30(23-32)28-9-5-10-29(22-28)31-18-20-36-35(33-13-3-4-14-34(33)37(36)24-31)19-16-25-15-17-26-7-1-2-8-27(26)21-25/h2-6,8-15,17-18,20-24,35H,1,7,16,19H2. The van der Waals surface area contributed by atoms with Crippen molar-refractivity contribution in [2.75, 3.05) is 0 Å². The van der Waals surface area contributed by atoms with Crippen LogP contribution in [0.1, 0.15) is 46.6 Å². The summed E-state index contributed by atoms with van der Waals surface area (Å²) in [6.45, 7) is 0. The highest BCUT2D eigenvalue weighted by Crippen LogP contribution is 2.48. The Labute approximate surface area is 233 Å². The average Bonchev–Trinajstić information content (AvgIpc) is 3.29. The van der Waals surface area contributed by atoms with Gasteiger partial charge in [0, 0.05) is 10.4 Å². The summed E-state index contributed by atoms with van der Waals surface area (Å²) < 4.78 is 1.10. The van der Waals surface area contributed by atoms with Crippen molar-refractivity contribution in [2.24, 2.45) is 0 Å². The van der Waals surface area contributed by atoms with Crippen molar-refractivity contribution >= 4 is 22.0 Å². The van der Waals surface area contributed by atoms with Gasteiger partial charge in [0.1, 0.15) is 0 Å². The van der Waals surface area contributed by atoms with Gasteiger partial charge in [-0.05, 0) is 111 Å². The van der Waals surface area contributed by atoms with Gasteiger partial charge in [-0.3, -0.25) is 0 Å². The monoisotopic (exact) mass is 552 g/mol. The van der Waals surface area contributed by atoms with Crippen LogP contribution in [0, 0.1) is 0 Å². The van der Waals surface area contributed by atoms with Crippen LogP contribution in [0.25, 0.3) is 39.5 Å². The molecule has 0 fully saturated rings. The third kappa shape index (κ3) is 4.36. The highest BCUT2D eigenvalue weighted by molar-refractivity contribution is 9.10. The Balaban J connectivity index is 1.21. The van der Waals surface area contributed by atoms with Crippen LogP contribution in [-0.2, 0) is 12.8 Å². The zero-order chi connectivity index (χ0) is 25.5. The summed E-state index contributed by atoms with van der Waals surface area (Å²) in [4.78, 5) is 0. The first-order chi connectivity index (χ1) is 18.7. The number of rotatable bonds is 5. The molecule has 1 atom stereocenters. The molecule has 0 aliphatic heterocycles. The zero-order valence-electron chi connectivity index (χ0n) is 21.3. The lowest BCUT2D eigenvalue weighted by Crippen LogP contribution is -2.01. The minimum atomic E-state index is 0.440. The molecule has 0 amide bonds. The summed E-state index contributed by atoms with van der Waals surface area (Å²) in [6, 6.07) is 40.7. The topological polar surface area (TPSA) is 0 Å². The van der Waals surface area contributed by atoms with E-state index in [1.54, 1.807) is 0 Å². The number of allylic oxidation sites excluding steroid dienone is 1. The molecule has 0 saturated carbocycles. The maximum absolute atomic E-state index is 3.62. The molecule has 5 aromatic carbocycles. The zero-order valence-corrected chi connectivity index (χ0v) is 22.9. The lowest BCUT2D eigenvalue weighted by Gasteiger charge is -2.16. The number of benzene rings is 5. The first kappa shape index (κ1) is 23.4. The molecule has 38 heavy (non-hydrogen) atoms. The van der Waals surface area contributed by atoms with E-state index in [1.807, 2.05) is 0 Å². The van der Waals surface area contributed by atoms with Crippen LogP contribution in [0.5, 0.6) is 0 Å². The van der Waals surface area contributed by atoms with Crippen molar-refractivity contribution < 1.29 is 0 Å². The summed E-state index contributed by atoms with van der Waals surface area (Å²) in [6.07, 6.45) is 9.17. The Morgan fingerprint density at radius 1 is 0.632 bits per heavy atom. The van der Waals surface area contributed by atoms with Gasteiger partial charge in [-0.1, -0.05) is 113 Å². The van der Waals surface area contributed by atoms with Gasteiger partial charge in [-0.2, -0.15) is 0 Å². The highest BCUT2D eigenvalue weighted by Gasteiger charge is 2.28. The van der Waals surface area contributed by atoms with Crippen molar-refractivity contribution in [1.82, 2.24) is 0 Å². The Morgan fingerprint density at radius 2 is 1.39 bits per heavy atom. The van der Waals surface area contributed by atoms with Crippen molar-refractivity contribution in [1.29, 1.82) is 0 Å². The number of aryl methyl sites for hydroxylation is 2. The molecule has 0 radical (unpaired) electrons. The van der Waals surface area contributed by atoms with Crippen molar-refractivity contribution in [3.05, 3.63) is 148 Å². The molecule has 5 aromatic rings. The largest absolute Gasteiger partial charge is 0.0836 e. The fourth-order valence-corrected chi connectivity index (χ4v) is 6.69. The summed E-state index contributed by atoms with van der Waals surface area (Å²) in [5.74, 6) is 0.440. The molecule has 0 saturated heterocycles. The quantitative estimate of drug-likeness (QED) is 0.203. The van der Waals surface area contributed by atoms with Crippen LogP contribution in [0.4, 0.5) is 0 Å². The molecule has 0 nitrogen and oxygen atoms in total. The fourth-order valence-electron chi connectivity index (χ4n) is 6.29. The lowest BCUT2D eigenvalue weighted by atomic mass is 9.88. The Morgan fingerprint density at radius 3 is 2.26 bits per heavy atom. The van der Waals surface area contributed by atoms with E-state index in [9.17, 15) is 0 Å². The van der Waals surface area contributed by atoms with E-state index in [1.165, 1.54) is 67.6 Å². The second kappa shape index (κ2) is 9.89. The van der Waals surface area contributed by atoms with Crippen molar-refractivity contribution in [3.63, 3.8) is 0 Å². The molecule has 2 aliphatic carbocycles. The molecule has 0 bridgehead atoms. The Kier molecular flexibility index (Phi) is 6.10. The van der Waals surface area contributed by atoms with Crippen LogP contribution in [-0.4, -0.2) is 0 Å². The molecule has 2 aliphatic rings. The predicted molar refractivity (Wildman–Crippen MR) is 164 cm³/mol. The van der Waals surface area contributed by atoms with E-state index < -0.39 is 0 Å². The van der Waals surface area contributed by atoms with E-state index in [4.69, 9.17) is 0 Å². The molecule has 0 heterocycles. The molecule has 1 heteroatoms. The Hall–Kier alpha value is -3.68. The summed E-state index contributed by atoms with van der Waals surface area (Å²) in [5, 5.41) is 0. The van der Waals surface area contributed by atoms with E-state index in [2.05, 4.69) is 137 Å². The van der Waals surface area contributed by atoms with Gasteiger partial charge in [-0.15, -0.1) is 0 Å². The van der Waals surface area contributed by atoms with Crippen LogP contribution in [0.2, 0.25) is 0 Å². The fraction of sp³-hybridized carbons (Fsp3) is 0.135. The van der Waals surface area contributed by atoms with Gasteiger partial charge in [0.05, 0.1) is 0 Å². The first-order valence-corrected chi connectivity index (χ1v) is 14.4. The minimum Gasteiger partial charge on any atom is -0.0836 e. The summed E-state index contributed by atoms with van der Waals surface area (Å²) in [5.41, 5.74) is 15.1. The average molecular weight is 554 g/mol. The molecule has 0 spiro atoms. The number of hydrogen-bond acceptors (Lipinski definition) is 0. The summed E-state index contributed by atoms with van der Waals surface area (Å²) >= 11 is 3.62. The smallest absolute Gasteiger partial charge is 0.0181 e. The lowest BCUT2D eigenvalue weighted by molar-refractivity contribution is 0.729. The van der Waals surface area contributed by atoms with E-state index in [-0.39, 0.29) is 0 Å².